The molecule has 0 aromatic heterocycles. The van der Waals surface area contributed by atoms with Gasteiger partial charge in [0.1, 0.15) is 0 Å². The molecule has 0 atom stereocenters. The number of hydrogen-bond donors (Lipinski definition) is 0. The molecule has 2 heteroatoms. The molecule has 0 saturated heterocycles. The molecule has 0 fully saturated rings. The third-order valence-electron chi connectivity index (χ3n) is 1.78. The fourth-order valence-electron chi connectivity index (χ4n) is 0.564. The highest BCUT2D eigenvalue weighted by Gasteiger charge is 2.15. The van der Waals surface area contributed by atoms with Crippen LogP contribution in [0.25, 0.3) is 0 Å². The van der Waals surface area contributed by atoms with E-state index in [9.17, 15) is 0 Å². The van der Waals surface area contributed by atoms with Gasteiger partial charge in [0.25, 0.3) is 0 Å². The molecule has 0 unspecified atom stereocenters. The summed E-state index contributed by atoms with van der Waals surface area (Å²) in [6.07, 6.45) is 0. The summed E-state index contributed by atoms with van der Waals surface area (Å²) in [6, 6.07) is 0. The third-order valence-corrected chi connectivity index (χ3v) is 1.78. The van der Waals surface area contributed by atoms with Crippen LogP contribution in [0.15, 0.2) is 0 Å². The summed E-state index contributed by atoms with van der Waals surface area (Å²) in [5.74, 6) is 0. The quantitative estimate of drug-likeness (QED) is 0.594. The van der Waals surface area contributed by atoms with Crippen molar-refractivity contribution in [1.82, 2.24) is 4.90 Å². The van der Waals surface area contributed by atoms with Crippen molar-refractivity contribution in [3.63, 3.8) is 0 Å². The van der Waals surface area contributed by atoms with Gasteiger partial charge in [-0.2, -0.15) is 0 Å². The van der Waals surface area contributed by atoms with E-state index in [0.29, 0.717) is 0 Å². The first kappa shape index (κ1) is 9.92. The van der Waals surface area contributed by atoms with Gasteiger partial charge < -0.3 is 4.74 Å². The van der Waals surface area contributed by atoms with Crippen LogP contribution in [0.4, 0.5) is 0 Å². The highest BCUT2D eigenvalue weighted by molar-refractivity contribution is 4.71. The van der Waals surface area contributed by atoms with Gasteiger partial charge in [-0.05, 0) is 27.8 Å². The van der Waals surface area contributed by atoms with Crippen LogP contribution in [0.3, 0.4) is 0 Å². The van der Waals surface area contributed by atoms with Crippen LogP contribution in [0.2, 0.25) is 0 Å². The van der Waals surface area contributed by atoms with E-state index >= 15 is 0 Å². The summed E-state index contributed by atoms with van der Waals surface area (Å²) in [5.41, 5.74) is 0.262. The molecule has 0 spiro atoms. The lowest BCUT2D eigenvalue weighted by molar-refractivity contribution is 0.110. The Bertz CT molecular complexity index is 85.7. The van der Waals surface area contributed by atoms with Gasteiger partial charge >= 0.3 is 0 Å². The molecule has 0 N–H and O–H groups in total. The van der Waals surface area contributed by atoms with Gasteiger partial charge in [0.05, 0.1) is 6.61 Å². The molecular weight excluding hydrogens is 126 g/mol. The molecule has 0 heterocycles. The van der Waals surface area contributed by atoms with E-state index in [0.717, 1.165) is 13.2 Å². The highest BCUT2D eigenvalue weighted by Crippen LogP contribution is 2.08. The van der Waals surface area contributed by atoms with Gasteiger partial charge in [-0.1, -0.05) is 0 Å². The summed E-state index contributed by atoms with van der Waals surface area (Å²) in [6.45, 7) is 8.40. The van der Waals surface area contributed by atoms with E-state index in [2.05, 4.69) is 32.7 Å². The van der Waals surface area contributed by atoms with Crippen molar-refractivity contribution < 1.29 is 4.74 Å². The molecule has 10 heavy (non-hydrogen) atoms. The SMILES string of the molecule is COCCN(C)C(C)(C)C. The Morgan fingerprint density at radius 3 is 2.10 bits per heavy atom. The molecule has 0 bridgehead atoms. The monoisotopic (exact) mass is 145 g/mol. The van der Waals surface area contributed by atoms with Crippen molar-refractivity contribution in [2.75, 3.05) is 27.3 Å². The molecule has 62 valence electrons. The second-order valence-electron chi connectivity index (χ2n) is 3.59. The molecule has 0 rings (SSSR count). The molecule has 0 amide bonds. The predicted molar refractivity (Wildman–Crippen MR) is 44.3 cm³/mol. The Hall–Kier alpha value is -0.0800. The van der Waals surface area contributed by atoms with Gasteiger partial charge in [-0.25, -0.2) is 0 Å². The minimum Gasteiger partial charge on any atom is -0.383 e. The molecular formula is C8H19NO. The van der Waals surface area contributed by atoms with Crippen molar-refractivity contribution in [1.29, 1.82) is 0 Å². The fourth-order valence-corrected chi connectivity index (χ4v) is 0.564. The summed E-state index contributed by atoms with van der Waals surface area (Å²) in [4.78, 5) is 2.27. The maximum atomic E-state index is 4.97. The Kier molecular flexibility index (Phi) is 3.91. The van der Waals surface area contributed by atoms with Gasteiger partial charge in [0.15, 0.2) is 0 Å². The van der Waals surface area contributed by atoms with Crippen LogP contribution in [0.1, 0.15) is 20.8 Å². The largest absolute Gasteiger partial charge is 0.383 e. The van der Waals surface area contributed by atoms with E-state index < -0.39 is 0 Å². The first-order valence-corrected chi connectivity index (χ1v) is 3.68. The lowest BCUT2D eigenvalue weighted by Crippen LogP contribution is -2.39. The lowest BCUT2D eigenvalue weighted by Gasteiger charge is -2.31. The molecule has 0 aromatic carbocycles. The highest BCUT2D eigenvalue weighted by atomic mass is 16.5. The Labute approximate surface area is 64.2 Å². The number of nitrogens with zero attached hydrogens (tertiary/aromatic N) is 1. The van der Waals surface area contributed by atoms with Crippen LogP contribution >= 0.6 is 0 Å². The maximum absolute atomic E-state index is 4.97. The molecule has 0 aromatic rings. The van der Waals surface area contributed by atoms with Crippen molar-refractivity contribution in [3.8, 4) is 0 Å². The van der Waals surface area contributed by atoms with Gasteiger partial charge in [0, 0.05) is 19.2 Å². The molecule has 0 aliphatic rings. The second-order valence-corrected chi connectivity index (χ2v) is 3.59. The van der Waals surface area contributed by atoms with Crippen molar-refractivity contribution >= 4 is 0 Å². The topological polar surface area (TPSA) is 12.5 Å². The Balaban J connectivity index is 3.52. The molecule has 0 aliphatic carbocycles. The van der Waals surface area contributed by atoms with Gasteiger partial charge in [0.2, 0.25) is 0 Å². The third kappa shape index (κ3) is 3.85. The van der Waals surface area contributed by atoms with E-state index in [-0.39, 0.29) is 5.54 Å². The van der Waals surface area contributed by atoms with Gasteiger partial charge in [-0.15, -0.1) is 0 Å². The average molecular weight is 145 g/mol. The zero-order chi connectivity index (χ0) is 8.20. The van der Waals surface area contributed by atoms with Crippen LogP contribution < -0.4 is 0 Å². The summed E-state index contributed by atoms with van der Waals surface area (Å²) in [7, 11) is 3.84. The maximum Gasteiger partial charge on any atom is 0.0589 e. The van der Waals surface area contributed by atoms with Crippen LogP contribution in [0.5, 0.6) is 0 Å². The standard InChI is InChI=1S/C8H19NO/c1-8(2,3)9(4)6-7-10-5/h6-7H2,1-5H3. The first-order valence-electron chi connectivity index (χ1n) is 3.68. The number of rotatable bonds is 3. The molecule has 0 radical (unpaired) electrons. The van der Waals surface area contributed by atoms with E-state index in [1.165, 1.54) is 0 Å². The van der Waals surface area contributed by atoms with Crippen LogP contribution in [-0.4, -0.2) is 37.7 Å². The zero-order valence-electron chi connectivity index (χ0n) is 7.77. The van der Waals surface area contributed by atoms with E-state index in [1.807, 2.05) is 0 Å². The smallest absolute Gasteiger partial charge is 0.0589 e. The summed E-state index contributed by atoms with van der Waals surface area (Å²) in [5, 5.41) is 0. The fraction of sp³-hybridized carbons (Fsp3) is 1.00. The predicted octanol–water partition coefficient (Wildman–Crippen LogP) is 1.36. The zero-order valence-corrected chi connectivity index (χ0v) is 7.77. The number of likely N-dealkylation sites (N-methyl/N-ethyl adjacent to an activating group) is 1. The Morgan fingerprint density at radius 1 is 1.30 bits per heavy atom. The summed E-state index contributed by atoms with van der Waals surface area (Å²) >= 11 is 0. The van der Waals surface area contributed by atoms with E-state index in [4.69, 9.17) is 4.74 Å². The van der Waals surface area contributed by atoms with Crippen molar-refractivity contribution in [2.45, 2.75) is 26.3 Å². The van der Waals surface area contributed by atoms with Crippen LogP contribution in [0, 0.1) is 0 Å². The minimum atomic E-state index is 0.262. The van der Waals surface area contributed by atoms with Crippen molar-refractivity contribution in [3.05, 3.63) is 0 Å². The van der Waals surface area contributed by atoms with E-state index in [1.54, 1.807) is 7.11 Å². The number of methoxy groups -OCH3 is 1. The average Bonchev–Trinajstić information content (AvgIpc) is 1.80. The van der Waals surface area contributed by atoms with Crippen molar-refractivity contribution in [2.24, 2.45) is 0 Å². The number of ether oxygens (including phenoxy) is 1. The molecule has 0 saturated carbocycles. The minimum absolute atomic E-state index is 0.262. The Morgan fingerprint density at radius 2 is 1.80 bits per heavy atom. The number of hydrogen-bond acceptors (Lipinski definition) is 2. The molecule has 2 nitrogen and oxygen atoms in total. The normalized spacial score (nSPS) is 12.6. The molecule has 0 aliphatic heterocycles. The lowest BCUT2D eigenvalue weighted by atomic mass is 10.1. The van der Waals surface area contributed by atoms with Crippen LogP contribution in [-0.2, 0) is 4.74 Å². The summed E-state index contributed by atoms with van der Waals surface area (Å²) < 4.78 is 4.97. The van der Waals surface area contributed by atoms with Gasteiger partial charge in [-0.3, -0.25) is 4.90 Å². The second kappa shape index (κ2) is 3.94. The first-order chi connectivity index (χ1) is 4.48.